The molecule has 0 aliphatic carbocycles. The minimum absolute atomic E-state index is 0.130. The summed E-state index contributed by atoms with van der Waals surface area (Å²) < 4.78 is 0. The number of aromatic nitrogens is 2. The zero-order valence-electron chi connectivity index (χ0n) is 12.9. The van der Waals surface area contributed by atoms with Crippen LogP contribution in [0.3, 0.4) is 0 Å². The van der Waals surface area contributed by atoms with Gasteiger partial charge in [0.1, 0.15) is 16.8 Å². The molecule has 0 radical (unpaired) electrons. The molecule has 0 bridgehead atoms. The lowest BCUT2D eigenvalue weighted by atomic mass is 9.96. The van der Waals surface area contributed by atoms with Crippen molar-refractivity contribution in [2.45, 2.75) is 52.4 Å². The summed E-state index contributed by atoms with van der Waals surface area (Å²) in [4.78, 5) is 8.81. The number of anilines is 1. The maximum Gasteiger partial charge on any atom is 0.137 e. The van der Waals surface area contributed by atoms with E-state index < -0.39 is 0 Å². The third-order valence-corrected chi connectivity index (χ3v) is 3.37. The van der Waals surface area contributed by atoms with Crippen molar-refractivity contribution >= 4 is 17.4 Å². The van der Waals surface area contributed by atoms with E-state index in [-0.39, 0.29) is 12.0 Å². The summed E-state index contributed by atoms with van der Waals surface area (Å²) in [5.74, 6) is 1.95. The van der Waals surface area contributed by atoms with E-state index in [1.165, 1.54) is 0 Å². The lowest BCUT2D eigenvalue weighted by Gasteiger charge is -2.19. The monoisotopic (exact) mass is 299 g/mol. The van der Waals surface area contributed by atoms with Crippen LogP contribution in [0.25, 0.3) is 0 Å². The zero-order valence-corrected chi connectivity index (χ0v) is 13.7. The molecule has 4 nitrogen and oxygen atoms in total. The van der Waals surface area contributed by atoms with Gasteiger partial charge in [-0.15, -0.1) is 0 Å². The molecule has 1 aromatic heterocycles. The van der Waals surface area contributed by atoms with Crippen molar-refractivity contribution in [2.75, 3.05) is 18.5 Å². The number of nitrogens with zero attached hydrogens (tertiary/aromatic N) is 2. The van der Waals surface area contributed by atoms with Gasteiger partial charge in [0, 0.05) is 24.6 Å². The maximum absolute atomic E-state index is 9.08. The first-order valence-electron chi connectivity index (χ1n) is 7.26. The molecule has 20 heavy (non-hydrogen) atoms. The van der Waals surface area contributed by atoms with Crippen molar-refractivity contribution < 1.29 is 5.11 Å². The van der Waals surface area contributed by atoms with Gasteiger partial charge < -0.3 is 10.4 Å². The largest absolute Gasteiger partial charge is 0.396 e. The van der Waals surface area contributed by atoms with Crippen LogP contribution >= 0.6 is 11.6 Å². The summed E-state index contributed by atoms with van der Waals surface area (Å²) in [5.41, 5.74) is -0.130. The number of hydrogen-bond donors (Lipinski definition) is 2. The van der Waals surface area contributed by atoms with E-state index in [1.54, 1.807) is 6.07 Å². The molecule has 0 aromatic carbocycles. The van der Waals surface area contributed by atoms with E-state index in [9.17, 15) is 0 Å². The van der Waals surface area contributed by atoms with E-state index in [1.807, 2.05) is 0 Å². The summed E-state index contributed by atoms with van der Waals surface area (Å²) in [5, 5.41) is 12.9. The fourth-order valence-corrected chi connectivity index (χ4v) is 2.22. The number of nitrogens with one attached hydrogen (secondary N) is 1. The molecule has 1 atom stereocenters. The van der Waals surface area contributed by atoms with Gasteiger partial charge >= 0.3 is 0 Å². The van der Waals surface area contributed by atoms with Gasteiger partial charge in [-0.25, -0.2) is 9.97 Å². The summed E-state index contributed by atoms with van der Waals surface area (Å²) in [6.07, 6.45) is 3.02. The molecule has 2 N–H and O–H groups in total. The van der Waals surface area contributed by atoms with Gasteiger partial charge in [0.25, 0.3) is 0 Å². The van der Waals surface area contributed by atoms with E-state index in [2.05, 4.69) is 43.0 Å². The topological polar surface area (TPSA) is 58.0 Å². The highest BCUT2D eigenvalue weighted by atomic mass is 35.5. The summed E-state index contributed by atoms with van der Waals surface area (Å²) in [6, 6.07) is 1.75. The highest BCUT2D eigenvalue weighted by Gasteiger charge is 2.19. The molecule has 0 spiro atoms. The second kappa shape index (κ2) is 7.79. The maximum atomic E-state index is 9.08. The molecule has 0 aliphatic rings. The minimum Gasteiger partial charge on any atom is -0.396 e. The Morgan fingerprint density at radius 2 is 2.00 bits per heavy atom. The van der Waals surface area contributed by atoms with Crippen LogP contribution in [0.2, 0.25) is 5.15 Å². The number of hydrogen-bond acceptors (Lipinski definition) is 4. The van der Waals surface area contributed by atoms with Gasteiger partial charge in [-0.1, -0.05) is 45.7 Å². The molecule has 1 unspecified atom stereocenters. The molecule has 114 valence electrons. The van der Waals surface area contributed by atoms with Crippen molar-refractivity contribution in [3.05, 3.63) is 17.0 Å². The summed E-state index contributed by atoms with van der Waals surface area (Å²) >= 11 is 6.06. The van der Waals surface area contributed by atoms with Gasteiger partial charge in [-0.3, -0.25) is 0 Å². The first-order chi connectivity index (χ1) is 9.36. The molecule has 0 fully saturated rings. The highest BCUT2D eigenvalue weighted by Crippen LogP contribution is 2.22. The van der Waals surface area contributed by atoms with Gasteiger partial charge in [0.2, 0.25) is 0 Å². The third kappa shape index (κ3) is 5.63. The normalized spacial score (nSPS) is 13.3. The van der Waals surface area contributed by atoms with Gasteiger partial charge in [0.15, 0.2) is 0 Å². The van der Waals surface area contributed by atoms with Crippen LogP contribution in [0.4, 0.5) is 5.82 Å². The number of halogens is 1. The average molecular weight is 300 g/mol. The Kier molecular flexibility index (Phi) is 6.69. The Morgan fingerprint density at radius 1 is 1.30 bits per heavy atom. The third-order valence-electron chi connectivity index (χ3n) is 3.17. The predicted molar refractivity (Wildman–Crippen MR) is 84.3 cm³/mol. The Hall–Kier alpha value is -0.870. The molecular weight excluding hydrogens is 274 g/mol. The van der Waals surface area contributed by atoms with Crippen LogP contribution in [0, 0.1) is 5.92 Å². The van der Waals surface area contributed by atoms with E-state index >= 15 is 0 Å². The number of aliphatic hydroxyl groups excluding tert-OH is 1. The fraction of sp³-hybridized carbons (Fsp3) is 0.733. The van der Waals surface area contributed by atoms with Crippen LogP contribution in [-0.2, 0) is 5.41 Å². The molecule has 0 aliphatic heterocycles. The molecule has 1 aromatic rings. The van der Waals surface area contributed by atoms with E-state index in [0.29, 0.717) is 11.1 Å². The Labute approximate surface area is 127 Å². The smallest absolute Gasteiger partial charge is 0.137 e. The second-order valence-electron chi connectivity index (χ2n) is 6.20. The zero-order chi connectivity index (χ0) is 15.2. The Morgan fingerprint density at radius 3 is 2.55 bits per heavy atom. The fourth-order valence-electron chi connectivity index (χ4n) is 2.03. The van der Waals surface area contributed by atoms with Crippen molar-refractivity contribution in [3.63, 3.8) is 0 Å². The molecule has 0 saturated heterocycles. The molecule has 1 heterocycles. The van der Waals surface area contributed by atoms with Crippen molar-refractivity contribution in [2.24, 2.45) is 5.92 Å². The van der Waals surface area contributed by atoms with E-state index in [4.69, 9.17) is 16.7 Å². The molecule has 1 rings (SSSR count). The minimum atomic E-state index is -0.130. The van der Waals surface area contributed by atoms with Gasteiger partial charge in [-0.2, -0.15) is 0 Å². The SMILES string of the molecule is CCCC(CCO)CNc1cc(Cl)nc(C(C)(C)C)n1. The van der Waals surface area contributed by atoms with Crippen molar-refractivity contribution in [3.8, 4) is 0 Å². The summed E-state index contributed by atoms with van der Waals surface area (Å²) in [7, 11) is 0. The van der Waals surface area contributed by atoms with Crippen molar-refractivity contribution in [1.29, 1.82) is 0 Å². The number of aliphatic hydroxyl groups is 1. The van der Waals surface area contributed by atoms with Crippen LogP contribution in [0.1, 0.15) is 52.8 Å². The highest BCUT2D eigenvalue weighted by molar-refractivity contribution is 6.29. The summed E-state index contributed by atoms with van der Waals surface area (Å²) in [6.45, 7) is 9.37. The predicted octanol–water partition coefficient (Wildman–Crippen LogP) is 3.64. The van der Waals surface area contributed by atoms with Gasteiger partial charge in [0.05, 0.1) is 0 Å². The molecule has 5 heteroatoms. The lowest BCUT2D eigenvalue weighted by Crippen LogP contribution is -2.20. The van der Waals surface area contributed by atoms with Crippen LogP contribution in [0.5, 0.6) is 0 Å². The van der Waals surface area contributed by atoms with E-state index in [0.717, 1.165) is 37.4 Å². The standard InChI is InChI=1S/C15H26ClN3O/c1-5-6-11(7-8-20)10-17-13-9-12(16)18-14(19-13)15(2,3)4/h9,11,20H,5-8,10H2,1-4H3,(H,17,18,19). The number of rotatable bonds is 7. The van der Waals surface area contributed by atoms with Crippen molar-refractivity contribution in [1.82, 2.24) is 9.97 Å². The Balaban J connectivity index is 2.74. The molecular formula is C15H26ClN3O. The lowest BCUT2D eigenvalue weighted by molar-refractivity contribution is 0.255. The molecule has 0 amide bonds. The first-order valence-corrected chi connectivity index (χ1v) is 7.64. The first kappa shape index (κ1) is 17.2. The average Bonchev–Trinajstić information content (AvgIpc) is 2.35. The van der Waals surface area contributed by atoms with Crippen LogP contribution < -0.4 is 5.32 Å². The molecule has 0 saturated carbocycles. The van der Waals surface area contributed by atoms with Crippen LogP contribution in [0.15, 0.2) is 6.07 Å². The quantitative estimate of drug-likeness (QED) is 0.755. The Bertz CT molecular complexity index is 412. The van der Waals surface area contributed by atoms with Crippen LogP contribution in [-0.4, -0.2) is 28.2 Å². The second-order valence-corrected chi connectivity index (χ2v) is 6.58. The van der Waals surface area contributed by atoms with Gasteiger partial charge in [-0.05, 0) is 18.8 Å².